The van der Waals surface area contributed by atoms with Gasteiger partial charge in [0.25, 0.3) is 0 Å². The minimum Gasteiger partial charge on any atom is -0.469 e. The first-order valence-corrected chi connectivity index (χ1v) is 8.96. The van der Waals surface area contributed by atoms with E-state index in [0.717, 1.165) is 30.8 Å². The summed E-state index contributed by atoms with van der Waals surface area (Å²) in [5.41, 5.74) is -0.994. The fraction of sp³-hybridized carbons (Fsp3) is 0.611. The number of nitrogens with zero attached hydrogens (tertiary/aromatic N) is 3. The fourth-order valence-electron chi connectivity index (χ4n) is 3.44. The second-order valence-electron chi connectivity index (χ2n) is 7.22. The summed E-state index contributed by atoms with van der Waals surface area (Å²) < 4.78 is 10.6. The molecule has 134 valence electrons. The highest BCUT2D eigenvalue weighted by Crippen LogP contribution is 2.38. The third-order valence-electron chi connectivity index (χ3n) is 4.98. The summed E-state index contributed by atoms with van der Waals surface area (Å²) in [5.74, 6) is 2.49. The summed E-state index contributed by atoms with van der Waals surface area (Å²) in [5, 5.41) is 14.9. The lowest BCUT2D eigenvalue weighted by molar-refractivity contribution is -0.138. The Balaban J connectivity index is 1.34. The topological polar surface area (TPSA) is 92.6 Å². The Morgan fingerprint density at radius 1 is 1.44 bits per heavy atom. The molecule has 7 nitrogen and oxygen atoms in total. The van der Waals surface area contributed by atoms with Crippen molar-refractivity contribution in [1.29, 1.82) is 0 Å². The lowest BCUT2D eigenvalue weighted by Gasteiger charge is -2.38. The number of piperidine rings is 1. The van der Waals surface area contributed by atoms with Gasteiger partial charge in [-0.1, -0.05) is 5.16 Å². The first-order valence-electron chi connectivity index (χ1n) is 8.96. The molecule has 7 heteroatoms. The summed E-state index contributed by atoms with van der Waals surface area (Å²) in [6, 6.07) is 3.69. The number of furan rings is 1. The third kappa shape index (κ3) is 3.92. The number of aromatic nitrogens is 2. The van der Waals surface area contributed by atoms with E-state index in [9.17, 15) is 9.90 Å². The van der Waals surface area contributed by atoms with Crippen LogP contribution in [-0.2, 0) is 17.6 Å². The Morgan fingerprint density at radius 3 is 3.08 bits per heavy atom. The Kier molecular flexibility index (Phi) is 4.33. The van der Waals surface area contributed by atoms with Crippen molar-refractivity contribution < 1.29 is 18.8 Å². The van der Waals surface area contributed by atoms with Crippen LogP contribution in [0.1, 0.15) is 55.5 Å². The van der Waals surface area contributed by atoms with Crippen LogP contribution >= 0.6 is 0 Å². The van der Waals surface area contributed by atoms with Crippen LogP contribution in [0.5, 0.6) is 0 Å². The van der Waals surface area contributed by atoms with Crippen LogP contribution in [0.4, 0.5) is 0 Å². The van der Waals surface area contributed by atoms with E-state index in [4.69, 9.17) is 8.94 Å². The van der Waals surface area contributed by atoms with Gasteiger partial charge in [-0.05, 0) is 37.8 Å². The maximum absolute atomic E-state index is 12.5. The molecule has 1 amide bonds. The Morgan fingerprint density at radius 2 is 2.32 bits per heavy atom. The van der Waals surface area contributed by atoms with Crippen LogP contribution < -0.4 is 0 Å². The number of likely N-dealkylation sites (tertiary alicyclic amines) is 1. The molecule has 1 aliphatic carbocycles. The molecule has 25 heavy (non-hydrogen) atoms. The van der Waals surface area contributed by atoms with Gasteiger partial charge in [-0.25, -0.2) is 0 Å². The van der Waals surface area contributed by atoms with E-state index >= 15 is 0 Å². The predicted molar refractivity (Wildman–Crippen MR) is 87.8 cm³/mol. The minimum absolute atomic E-state index is 0.0405. The van der Waals surface area contributed by atoms with Crippen molar-refractivity contribution in [2.75, 3.05) is 13.1 Å². The molecule has 1 saturated carbocycles. The zero-order valence-electron chi connectivity index (χ0n) is 14.2. The molecule has 4 rings (SSSR count). The molecule has 0 radical (unpaired) electrons. The first kappa shape index (κ1) is 16.3. The molecule has 0 spiro atoms. The van der Waals surface area contributed by atoms with Crippen LogP contribution in [-0.4, -0.2) is 44.7 Å². The number of hydrogen-bond acceptors (Lipinski definition) is 6. The summed E-state index contributed by atoms with van der Waals surface area (Å²) in [6.07, 6.45) is 6.50. The van der Waals surface area contributed by atoms with E-state index < -0.39 is 5.60 Å². The number of carbonyl (C=O) groups is 1. The van der Waals surface area contributed by atoms with Gasteiger partial charge in [-0.3, -0.25) is 4.79 Å². The molecule has 1 saturated heterocycles. The Labute approximate surface area is 146 Å². The van der Waals surface area contributed by atoms with Gasteiger partial charge in [0.05, 0.1) is 18.3 Å². The van der Waals surface area contributed by atoms with E-state index in [1.54, 1.807) is 11.2 Å². The highest BCUT2D eigenvalue weighted by Gasteiger charge is 2.37. The quantitative estimate of drug-likeness (QED) is 0.861. The molecule has 2 aliphatic rings. The first-order chi connectivity index (χ1) is 12.1. The summed E-state index contributed by atoms with van der Waals surface area (Å²) in [6.45, 7) is 0.988. The molecule has 0 bridgehead atoms. The summed E-state index contributed by atoms with van der Waals surface area (Å²) in [4.78, 5) is 18.6. The van der Waals surface area contributed by atoms with E-state index in [1.165, 1.54) is 0 Å². The van der Waals surface area contributed by atoms with Crippen molar-refractivity contribution in [3.05, 3.63) is 35.9 Å². The molecule has 2 fully saturated rings. The zero-order valence-corrected chi connectivity index (χ0v) is 14.2. The van der Waals surface area contributed by atoms with Crippen LogP contribution in [0.2, 0.25) is 0 Å². The number of aryl methyl sites for hydroxylation is 1. The Hall–Kier alpha value is -2.15. The molecule has 2 aromatic rings. The van der Waals surface area contributed by atoms with Gasteiger partial charge in [0.2, 0.25) is 11.8 Å². The number of amides is 1. The van der Waals surface area contributed by atoms with E-state index in [2.05, 4.69) is 10.1 Å². The number of hydrogen-bond donors (Lipinski definition) is 1. The van der Waals surface area contributed by atoms with Crippen LogP contribution in [0.25, 0.3) is 0 Å². The van der Waals surface area contributed by atoms with Crippen molar-refractivity contribution in [3.63, 3.8) is 0 Å². The van der Waals surface area contributed by atoms with E-state index in [0.29, 0.717) is 50.6 Å². The maximum atomic E-state index is 12.5. The molecule has 1 unspecified atom stereocenters. The molecule has 0 aromatic carbocycles. The van der Waals surface area contributed by atoms with Crippen molar-refractivity contribution in [2.24, 2.45) is 0 Å². The second kappa shape index (κ2) is 6.63. The van der Waals surface area contributed by atoms with Crippen molar-refractivity contribution >= 4 is 5.91 Å². The molecule has 1 N–H and O–H groups in total. The average molecular weight is 345 g/mol. The molecular formula is C18H23N3O4. The van der Waals surface area contributed by atoms with Crippen molar-refractivity contribution in [2.45, 2.75) is 56.5 Å². The average Bonchev–Trinajstić information content (AvgIpc) is 3.12. The second-order valence-corrected chi connectivity index (χ2v) is 7.22. The maximum Gasteiger partial charge on any atom is 0.229 e. The molecule has 1 atom stereocenters. The van der Waals surface area contributed by atoms with Crippen LogP contribution in [0, 0.1) is 0 Å². The zero-order chi connectivity index (χ0) is 17.3. The van der Waals surface area contributed by atoms with Gasteiger partial charge >= 0.3 is 0 Å². The monoisotopic (exact) mass is 345 g/mol. The Bertz CT molecular complexity index is 723. The number of aliphatic hydroxyl groups is 1. The molecule has 2 aromatic heterocycles. The molecule has 1 aliphatic heterocycles. The van der Waals surface area contributed by atoms with Crippen molar-refractivity contribution in [3.8, 4) is 0 Å². The fourth-order valence-corrected chi connectivity index (χ4v) is 3.44. The minimum atomic E-state index is -0.994. The third-order valence-corrected chi connectivity index (χ3v) is 4.98. The lowest BCUT2D eigenvalue weighted by Crippen LogP contribution is -2.51. The largest absolute Gasteiger partial charge is 0.469 e. The lowest BCUT2D eigenvalue weighted by atomic mass is 9.89. The number of β-amino-alcohol motifs (C(OH)–C–C–N with tert-alkyl or cyclic N) is 1. The van der Waals surface area contributed by atoms with Gasteiger partial charge in [0.1, 0.15) is 5.76 Å². The van der Waals surface area contributed by atoms with Crippen LogP contribution in [0.15, 0.2) is 27.3 Å². The molecular weight excluding hydrogens is 322 g/mol. The van der Waals surface area contributed by atoms with E-state index in [-0.39, 0.29) is 5.91 Å². The normalized spacial score (nSPS) is 23.8. The smallest absolute Gasteiger partial charge is 0.229 e. The highest BCUT2D eigenvalue weighted by molar-refractivity contribution is 5.76. The van der Waals surface area contributed by atoms with Crippen LogP contribution in [0.3, 0.4) is 0 Å². The SMILES string of the molecule is O=C(CCc1ccco1)N1CCCC(O)(Cc2nc(C3CC3)no2)C1. The predicted octanol–water partition coefficient (Wildman–Crippen LogP) is 2.07. The standard InChI is InChI=1S/C18H23N3O4/c22-16(7-6-14-3-1-10-24-14)21-9-2-8-18(23,12-21)11-15-19-17(20-25-15)13-4-5-13/h1,3,10,13,23H,2,4-9,11-12H2. The van der Waals surface area contributed by atoms with Gasteiger partial charge in [0.15, 0.2) is 5.82 Å². The summed E-state index contributed by atoms with van der Waals surface area (Å²) in [7, 11) is 0. The summed E-state index contributed by atoms with van der Waals surface area (Å²) >= 11 is 0. The van der Waals surface area contributed by atoms with Gasteiger partial charge < -0.3 is 18.9 Å². The highest BCUT2D eigenvalue weighted by atomic mass is 16.5. The number of carbonyl (C=O) groups excluding carboxylic acids is 1. The van der Waals surface area contributed by atoms with Gasteiger partial charge in [0, 0.05) is 31.8 Å². The van der Waals surface area contributed by atoms with E-state index in [1.807, 2.05) is 12.1 Å². The number of rotatable bonds is 6. The van der Waals surface area contributed by atoms with Crippen molar-refractivity contribution in [1.82, 2.24) is 15.0 Å². The molecule has 3 heterocycles. The van der Waals surface area contributed by atoms with Gasteiger partial charge in [-0.15, -0.1) is 0 Å². The van der Waals surface area contributed by atoms with Gasteiger partial charge in [-0.2, -0.15) is 4.98 Å².